The van der Waals surface area contributed by atoms with Crippen LogP contribution in [-0.2, 0) is 12.2 Å². The molecule has 144 valence electrons. The Morgan fingerprint density at radius 2 is 2.29 bits per heavy atom. The van der Waals surface area contributed by atoms with Gasteiger partial charge in [0.1, 0.15) is 5.82 Å². The molecule has 0 saturated heterocycles. The van der Waals surface area contributed by atoms with Crippen molar-refractivity contribution in [2.45, 2.75) is 29.7 Å². The van der Waals surface area contributed by atoms with Gasteiger partial charge in [-0.05, 0) is 52.5 Å². The molecule has 1 aliphatic carbocycles. The van der Waals surface area contributed by atoms with Gasteiger partial charge >= 0.3 is 0 Å². The molecule has 3 aromatic rings. The van der Waals surface area contributed by atoms with Crippen LogP contribution in [0.2, 0.25) is 0 Å². The van der Waals surface area contributed by atoms with E-state index in [0.717, 1.165) is 24.0 Å². The summed E-state index contributed by atoms with van der Waals surface area (Å²) in [5, 5.41) is 24.0. The van der Waals surface area contributed by atoms with Crippen molar-refractivity contribution in [3.05, 3.63) is 75.1 Å². The summed E-state index contributed by atoms with van der Waals surface area (Å²) in [5.41, 5.74) is 2.64. The highest BCUT2D eigenvalue weighted by molar-refractivity contribution is 7.98. The third-order valence-corrected chi connectivity index (χ3v) is 5.47. The van der Waals surface area contributed by atoms with E-state index in [9.17, 15) is 14.4 Å². The number of hydrogen-bond acceptors (Lipinski definition) is 7. The monoisotopic (exact) mass is 401 g/mol. The first kappa shape index (κ1) is 18.2. The molecule has 4 rings (SSSR count). The van der Waals surface area contributed by atoms with E-state index in [-0.39, 0.29) is 28.9 Å². The number of pyridine rings is 1. The average Bonchev–Trinajstić information content (AvgIpc) is 3.31. The number of H-pyrrole nitrogens is 1. The lowest BCUT2D eigenvalue weighted by Crippen LogP contribution is -2.29. The Balaban J connectivity index is 1.50. The molecule has 0 radical (unpaired) electrons. The first-order valence-electron chi connectivity index (χ1n) is 8.55. The second-order valence-corrected chi connectivity index (χ2v) is 7.24. The van der Waals surface area contributed by atoms with Crippen molar-refractivity contribution in [2.75, 3.05) is 0 Å². The van der Waals surface area contributed by atoms with E-state index in [2.05, 4.69) is 25.8 Å². The second-order valence-electron chi connectivity index (χ2n) is 6.27. The summed E-state index contributed by atoms with van der Waals surface area (Å²) >= 11 is 1.28. The summed E-state index contributed by atoms with van der Waals surface area (Å²) in [6.07, 6.45) is 1.53. The number of rotatable bonds is 5. The van der Waals surface area contributed by atoms with Crippen LogP contribution in [0.25, 0.3) is 0 Å². The van der Waals surface area contributed by atoms with Crippen LogP contribution in [0.4, 0.5) is 4.39 Å². The fourth-order valence-corrected chi connectivity index (χ4v) is 3.99. The van der Waals surface area contributed by atoms with Gasteiger partial charge < -0.3 is 15.5 Å². The standard InChI is InChI=1S/C18H16FN5O3S/c19-11-6-4-10-5-7-14(13(10)8-11)21-17(22-26)16-18(24-27-23-16)28-9-12-2-1-3-15(25)20-12/h1-4,6,8,14,26H,5,7,9H2,(H,20,25)(H,21,22). The second kappa shape index (κ2) is 7.85. The molecule has 2 heterocycles. The van der Waals surface area contributed by atoms with Gasteiger partial charge in [0.2, 0.25) is 5.56 Å². The van der Waals surface area contributed by atoms with Gasteiger partial charge in [-0.1, -0.05) is 29.1 Å². The van der Waals surface area contributed by atoms with E-state index in [1.54, 1.807) is 18.2 Å². The SMILES string of the molecule is O=c1cccc(CSc2nonc2/C(=N/O)NC2CCc3ccc(F)cc32)[nH]1. The summed E-state index contributed by atoms with van der Waals surface area (Å²) in [7, 11) is 0. The van der Waals surface area contributed by atoms with Crippen LogP contribution < -0.4 is 10.9 Å². The number of thioether (sulfide) groups is 1. The van der Waals surface area contributed by atoms with Crippen molar-refractivity contribution in [2.24, 2.45) is 5.16 Å². The number of aromatic amines is 1. The van der Waals surface area contributed by atoms with Crippen LogP contribution >= 0.6 is 11.8 Å². The van der Waals surface area contributed by atoms with Crippen LogP contribution in [-0.4, -0.2) is 26.3 Å². The number of fused-ring (bicyclic) bond motifs is 1. The Morgan fingerprint density at radius 3 is 3.11 bits per heavy atom. The molecule has 0 aliphatic heterocycles. The Labute approximate surface area is 162 Å². The molecule has 0 bridgehead atoms. The molecule has 1 aromatic carbocycles. The van der Waals surface area contributed by atoms with E-state index in [1.165, 1.54) is 30.0 Å². The molecule has 2 aromatic heterocycles. The van der Waals surface area contributed by atoms with Gasteiger partial charge in [0.05, 0.1) is 6.04 Å². The van der Waals surface area contributed by atoms with Crippen molar-refractivity contribution in [3.63, 3.8) is 0 Å². The minimum atomic E-state index is -0.314. The number of aromatic nitrogens is 3. The lowest BCUT2D eigenvalue weighted by molar-refractivity contribution is 0.296. The highest BCUT2D eigenvalue weighted by Crippen LogP contribution is 2.32. The summed E-state index contributed by atoms with van der Waals surface area (Å²) in [6, 6.07) is 9.35. The number of benzene rings is 1. The van der Waals surface area contributed by atoms with Crippen molar-refractivity contribution < 1.29 is 14.2 Å². The molecule has 1 aliphatic rings. The molecule has 1 unspecified atom stereocenters. The van der Waals surface area contributed by atoms with Gasteiger partial charge in [0, 0.05) is 17.5 Å². The largest absolute Gasteiger partial charge is 0.409 e. The fraction of sp³-hybridized carbons (Fsp3) is 0.222. The Bertz CT molecular complexity index is 1080. The fourth-order valence-electron chi connectivity index (χ4n) is 3.18. The lowest BCUT2D eigenvalue weighted by Gasteiger charge is -2.15. The van der Waals surface area contributed by atoms with Crippen molar-refractivity contribution in [1.82, 2.24) is 20.6 Å². The van der Waals surface area contributed by atoms with Crippen LogP contribution in [0.3, 0.4) is 0 Å². The molecule has 8 nitrogen and oxygen atoms in total. The van der Waals surface area contributed by atoms with Crippen LogP contribution in [0, 0.1) is 5.82 Å². The number of hydrogen-bond donors (Lipinski definition) is 3. The summed E-state index contributed by atoms with van der Waals surface area (Å²) in [5.74, 6) is 0.201. The lowest BCUT2D eigenvalue weighted by atomic mass is 10.1. The number of oxime groups is 1. The molecule has 0 fully saturated rings. The van der Waals surface area contributed by atoms with E-state index in [0.29, 0.717) is 16.5 Å². The maximum atomic E-state index is 13.6. The normalized spacial score (nSPS) is 16.2. The number of halogens is 1. The van der Waals surface area contributed by atoms with Crippen molar-refractivity contribution in [3.8, 4) is 0 Å². The van der Waals surface area contributed by atoms with Crippen LogP contribution in [0.5, 0.6) is 0 Å². The molecular weight excluding hydrogens is 385 g/mol. The van der Waals surface area contributed by atoms with Crippen LogP contribution in [0.15, 0.2) is 56.0 Å². The number of nitrogens with one attached hydrogen (secondary N) is 2. The van der Waals surface area contributed by atoms with E-state index in [1.807, 2.05) is 0 Å². The molecule has 1 atom stereocenters. The van der Waals surface area contributed by atoms with Crippen molar-refractivity contribution in [1.29, 1.82) is 0 Å². The summed E-state index contributed by atoms with van der Waals surface area (Å²) < 4.78 is 18.4. The Hall–Kier alpha value is -3.14. The smallest absolute Gasteiger partial charge is 0.248 e. The van der Waals surface area contributed by atoms with Gasteiger partial charge in [0.25, 0.3) is 0 Å². The Kier molecular flexibility index (Phi) is 5.11. The molecule has 3 N–H and O–H groups in total. The molecule has 10 heteroatoms. The molecule has 0 spiro atoms. The predicted molar refractivity (Wildman–Crippen MR) is 99.8 cm³/mol. The average molecular weight is 401 g/mol. The zero-order chi connectivity index (χ0) is 19.5. The minimum absolute atomic E-state index is 0.0902. The Morgan fingerprint density at radius 1 is 1.39 bits per heavy atom. The van der Waals surface area contributed by atoms with Crippen molar-refractivity contribution >= 4 is 17.6 Å². The van der Waals surface area contributed by atoms with Gasteiger partial charge in [-0.3, -0.25) is 4.79 Å². The maximum Gasteiger partial charge on any atom is 0.248 e. The van der Waals surface area contributed by atoms with Crippen LogP contribution in [0.1, 0.15) is 35.0 Å². The molecule has 28 heavy (non-hydrogen) atoms. The minimum Gasteiger partial charge on any atom is -0.409 e. The van der Waals surface area contributed by atoms with Gasteiger partial charge in [-0.25, -0.2) is 9.02 Å². The summed E-state index contributed by atoms with van der Waals surface area (Å²) in [4.78, 5) is 14.1. The topological polar surface area (TPSA) is 116 Å². The predicted octanol–water partition coefficient (Wildman–Crippen LogP) is 2.60. The highest BCUT2D eigenvalue weighted by atomic mass is 32.2. The molecule has 0 amide bonds. The molecular formula is C18H16FN5O3S. The highest BCUT2D eigenvalue weighted by Gasteiger charge is 2.27. The van der Waals surface area contributed by atoms with E-state index < -0.39 is 0 Å². The first-order chi connectivity index (χ1) is 13.6. The third-order valence-electron chi connectivity index (χ3n) is 4.47. The van der Waals surface area contributed by atoms with Gasteiger partial charge in [0.15, 0.2) is 16.6 Å². The van der Waals surface area contributed by atoms with E-state index in [4.69, 9.17) is 4.63 Å². The summed E-state index contributed by atoms with van der Waals surface area (Å²) in [6.45, 7) is 0. The van der Waals surface area contributed by atoms with E-state index >= 15 is 0 Å². The zero-order valence-electron chi connectivity index (χ0n) is 14.6. The number of nitrogens with zero attached hydrogens (tertiary/aromatic N) is 3. The first-order valence-corrected chi connectivity index (χ1v) is 9.53. The zero-order valence-corrected chi connectivity index (χ0v) is 15.4. The van der Waals surface area contributed by atoms with Gasteiger partial charge in [-0.2, -0.15) is 0 Å². The van der Waals surface area contributed by atoms with Gasteiger partial charge in [-0.15, -0.1) is 0 Å². The quantitative estimate of drug-likeness (QED) is 0.198. The number of aryl methyl sites for hydroxylation is 1. The maximum absolute atomic E-state index is 13.6. The number of amidine groups is 1. The molecule has 0 saturated carbocycles. The third kappa shape index (κ3) is 3.77.